The fourth-order valence-electron chi connectivity index (χ4n) is 10.1. The molecule has 0 nitrogen and oxygen atoms in total. The zero-order valence-electron chi connectivity index (χ0n) is 29.6. The van der Waals surface area contributed by atoms with E-state index >= 15 is 0 Å². The van der Waals surface area contributed by atoms with E-state index in [0.717, 1.165) is 25.7 Å². The second-order valence-corrected chi connectivity index (χ2v) is 15.3. The van der Waals surface area contributed by atoms with Gasteiger partial charge in [0.2, 0.25) is 0 Å². The van der Waals surface area contributed by atoms with E-state index in [1.165, 1.54) is 65.5 Å². The minimum absolute atomic E-state index is 0.346. The van der Waals surface area contributed by atoms with Crippen LogP contribution >= 0.6 is 0 Å². The first-order valence-corrected chi connectivity index (χ1v) is 19.4. The number of rotatable bonds is 5. The molecule has 0 saturated heterocycles. The molecule has 2 aromatic carbocycles. The third-order valence-electron chi connectivity index (χ3n) is 12.5. The van der Waals surface area contributed by atoms with Gasteiger partial charge in [0.1, 0.15) is 0 Å². The summed E-state index contributed by atoms with van der Waals surface area (Å²) in [6, 6.07) is 18.3. The van der Waals surface area contributed by atoms with Gasteiger partial charge in [-0.15, -0.1) is 0 Å². The van der Waals surface area contributed by atoms with E-state index in [4.69, 9.17) is 0 Å². The SMILES string of the molecule is C1=CC2C=CC=C(C3=CC=C(C=CC4=CC=C(C5=c6ccccc6=C(C6=c7ccccc7=CCC6)C6C=CC=CC56)CC4)C4C=CC=CC34)C2C=C1. The first-order valence-electron chi connectivity index (χ1n) is 19.4. The van der Waals surface area contributed by atoms with Crippen LogP contribution in [0.2, 0.25) is 0 Å². The Labute approximate surface area is 307 Å². The first-order chi connectivity index (χ1) is 25.8. The summed E-state index contributed by atoms with van der Waals surface area (Å²) in [6.07, 6.45) is 56.0. The summed E-state index contributed by atoms with van der Waals surface area (Å²) in [5.74, 6) is 2.31. The number of allylic oxidation sites excluding steroid dienone is 26. The molecule has 0 fully saturated rings. The Morgan fingerprint density at radius 3 is 1.92 bits per heavy atom. The molecule has 6 unspecified atom stereocenters. The minimum Gasteiger partial charge on any atom is -0.0767 e. The minimum atomic E-state index is 0.346. The molecule has 10 rings (SSSR count). The molecule has 0 aliphatic heterocycles. The molecule has 0 aromatic heterocycles. The highest BCUT2D eigenvalue weighted by molar-refractivity contribution is 5.94. The van der Waals surface area contributed by atoms with Crippen LogP contribution in [0.3, 0.4) is 0 Å². The maximum absolute atomic E-state index is 2.47. The number of fused-ring (bicyclic) bond motifs is 5. The summed E-state index contributed by atoms with van der Waals surface area (Å²) in [4.78, 5) is 0. The Morgan fingerprint density at radius 1 is 0.462 bits per heavy atom. The lowest BCUT2D eigenvalue weighted by Crippen LogP contribution is -2.42. The van der Waals surface area contributed by atoms with E-state index in [9.17, 15) is 0 Å². The van der Waals surface area contributed by atoms with Gasteiger partial charge in [-0.25, -0.2) is 0 Å². The lowest BCUT2D eigenvalue weighted by Gasteiger charge is -2.36. The van der Waals surface area contributed by atoms with Crippen molar-refractivity contribution >= 4 is 22.8 Å². The van der Waals surface area contributed by atoms with Crippen LogP contribution in [-0.4, -0.2) is 0 Å². The predicted molar refractivity (Wildman–Crippen MR) is 219 cm³/mol. The van der Waals surface area contributed by atoms with Gasteiger partial charge in [-0.1, -0.05) is 182 Å². The maximum atomic E-state index is 2.47. The van der Waals surface area contributed by atoms with Crippen molar-refractivity contribution in [2.75, 3.05) is 0 Å². The van der Waals surface area contributed by atoms with E-state index in [-0.39, 0.29) is 0 Å². The molecular weight excluding hydrogens is 625 g/mol. The van der Waals surface area contributed by atoms with Crippen molar-refractivity contribution < 1.29 is 0 Å². The van der Waals surface area contributed by atoms with Crippen LogP contribution in [0.1, 0.15) is 25.7 Å². The fraction of sp³-hybridized carbons (Fsp3) is 0.192. The predicted octanol–water partition coefficient (Wildman–Crippen LogP) is 9.07. The second-order valence-electron chi connectivity index (χ2n) is 15.3. The van der Waals surface area contributed by atoms with Crippen LogP contribution < -0.4 is 20.9 Å². The molecule has 0 amide bonds. The molecule has 0 radical (unpaired) electrons. The van der Waals surface area contributed by atoms with E-state index in [0.29, 0.717) is 35.5 Å². The molecule has 52 heavy (non-hydrogen) atoms. The topological polar surface area (TPSA) is 0 Å². The molecule has 0 bridgehead atoms. The third kappa shape index (κ3) is 5.36. The summed E-state index contributed by atoms with van der Waals surface area (Å²) in [5.41, 5.74) is 11.8. The molecule has 0 heteroatoms. The molecule has 0 N–H and O–H groups in total. The Hall–Kier alpha value is -5.46. The smallest absolute Gasteiger partial charge is 0.0134 e. The Kier molecular flexibility index (Phi) is 7.98. The molecule has 252 valence electrons. The van der Waals surface area contributed by atoms with E-state index in [2.05, 4.69) is 182 Å². The van der Waals surface area contributed by atoms with Gasteiger partial charge in [0.05, 0.1) is 0 Å². The molecule has 6 atom stereocenters. The quantitative estimate of drug-likeness (QED) is 0.298. The highest BCUT2D eigenvalue weighted by Crippen LogP contribution is 2.46. The van der Waals surface area contributed by atoms with Gasteiger partial charge in [-0.3, -0.25) is 0 Å². The van der Waals surface area contributed by atoms with E-state index < -0.39 is 0 Å². The lowest BCUT2D eigenvalue weighted by atomic mass is 9.67. The number of benzene rings is 2. The Balaban J connectivity index is 1.01. The van der Waals surface area contributed by atoms with Gasteiger partial charge in [-0.05, 0) is 91.1 Å². The summed E-state index contributed by atoms with van der Waals surface area (Å²) in [5, 5.41) is 5.65. The van der Waals surface area contributed by atoms with Crippen molar-refractivity contribution in [3.05, 3.63) is 225 Å². The first kappa shape index (κ1) is 31.3. The number of hydrogen-bond donors (Lipinski definition) is 0. The highest BCUT2D eigenvalue weighted by Gasteiger charge is 2.35. The van der Waals surface area contributed by atoms with Crippen LogP contribution in [0, 0.1) is 35.5 Å². The van der Waals surface area contributed by atoms with Gasteiger partial charge in [0.15, 0.2) is 0 Å². The fourth-order valence-corrected chi connectivity index (χ4v) is 10.1. The van der Waals surface area contributed by atoms with Crippen molar-refractivity contribution in [2.45, 2.75) is 25.7 Å². The number of hydrogen-bond acceptors (Lipinski definition) is 0. The molecule has 0 saturated carbocycles. The third-order valence-corrected chi connectivity index (χ3v) is 12.5. The van der Waals surface area contributed by atoms with Crippen molar-refractivity contribution in [1.29, 1.82) is 0 Å². The molecule has 2 aromatic rings. The van der Waals surface area contributed by atoms with E-state index in [1.807, 2.05) is 0 Å². The van der Waals surface area contributed by atoms with Gasteiger partial charge in [0.25, 0.3) is 0 Å². The molecule has 0 spiro atoms. The molecule has 8 aliphatic carbocycles. The van der Waals surface area contributed by atoms with Crippen molar-refractivity contribution in [3.63, 3.8) is 0 Å². The largest absolute Gasteiger partial charge is 0.0767 e. The van der Waals surface area contributed by atoms with Gasteiger partial charge in [0, 0.05) is 35.5 Å². The van der Waals surface area contributed by atoms with Crippen LogP contribution in [0.5, 0.6) is 0 Å². The average Bonchev–Trinajstić information content (AvgIpc) is 3.22. The lowest BCUT2D eigenvalue weighted by molar-refractivity contribution is 0.564. The van der Waals surface area contributed by atoms with Crippen LogP contribution in [0.25, 0.3) is 22.8 Å². The van der Waals surface area contributed by atoms with Crippen molar-refractivity contribution in [3.8, 4) is 0 Å². The maximum Gasteiger partial charge on any atom is 0.0134 e. The zero-order valence-corrected chi connectivity index (χ0v) is 29.6. The van der Waals surface area contributed by atoms with Crippen LogP contribution in [-0.2, 0) is 0 Å². The van der Waals surface area contributed by atoms with Crippen LogP contribution in [0.15, 0.2) is 204 Å². The Bertz CT molecular complexity index is 2530. The summed E-state index contributed by atoms with van der Waals surface area (Å²) in [7, 11) is 0. The molecule has 0 heterocycles. The average molecular weight is 669 g/mol. The normalized spacial score (nSPS) is 29.2. The standard InChI is InChI=1S/C52H44/c1-3-17-40-36(13-1)15-11-25-44(40)45-34-33-38(41-18-5-6-20-43(41)45)30-27-35-28-31-39(32-29-35)51-47-21-7-9-23-49(47)52(50-24-10-8-22-48(50)51)46-26-12-16-37-14-2-4-19-42(37)46/h1-11,13-25,27-28,30-31,33-34,36,40-41,43,47,49H,12,26,29,32H2. The van der Waals surface area contributed by atoms with Crippen LogP contribution in [0.4, 0.5) is 0 Å². The zero-order chi connectivity index (χ0) is 34.4. The van der Waals surface area contributed by atoms with Crippen molar-refractivity contribution in [1.82, 2.24) is 0 Å². The highest BCUT2D eigenvalue weighted by atomic mass is 14.4. The van der Waals surface area contributed by atoms with Gasteiger partial charge in [-0.2, -0.15) is 0 Å². The monoisotopic (exact) mass is 668 g/mol. The second kappa shape index (κ2) is 13.3. The molecular formula is C52H44. The van der Waals surface area contributed by atoms with Gasteiger partial charge >= 0.3 is 0 Å². The van der Waals surface area contributed by atoms with Crippen molar-refractivity contribution in [2.24, 2.45) is 35.5 Å². The Morgan fingerprint density at radius 2 is 1.12 bits per heavy atom. The summed E-state index contributed by atoms with van der Waals surface area (Å²) < 4.78 is 0. The summed E-state index contributed by atoms with van der Waals surface area (Å²) in [6.45, 7) is 0. The van der Waals surface area contributed by atoms with Gasteiger partial charge < -0.3 is 0 Å². The molecule has 8 aliphatic rings. The summed E-state index contributed by atoms with van der Waals surface area (Å²) >= 11 is 0. The van der Waals surface area contributed by atoms with E-state index in [1.54, 1.807) is 0 Å².